The van der Waals surface area contributed by atoms with Crippen molar-refractivity contribution in [2.45, 2.75) is 18.2 Å². The van der Waals surface area contributed by atoms with Gasteiger partial charge in [-0.05, 0) is 36.4 Å². The van der Waals surface area contributed by atoms with E-state index in [4.69, 9.17) is 39.6 Å². The maximum absolute atomic E-state index is 14.1. The van der Waals surface area contributed by atoms with Gasteiger partial charge < -0.3 is 14.5 Å². The van der Waals surface area contributed by atoms with Crippen molar-refractivity contribution in [3.05, 3.63) is 62.6 Å². The highest BCUT2D eigenvalue weighted by atomic mass is 35.5. The average molecular weight is 482 g/mol. The number of benzene rings is 2. The normalized spacial score (nSPS) is 18.6. The van der Waals surface area contributed by atoms with Gasteiger partial charge in [0.15, 0.2) is 5.84 Å². The van der Waals surface area contributed by atoms with Gasteiger partial charge in [0.05, 0.1) is 24.1 Å². The number of nitrogens with zero attached hydrogens (tertiary/aromatic N) is 2. The number of halogens is 6. The fraction of sp³-hybridized carbons (Fsp3) is 0.263. The van der Waals surface area contributed by atoms with Gasteiger partial charge in [-0.25, -0.2) is 4.79 Å². The number of hydrogen-bond acceptors (Lipinski definition) is 5. The molecule has 0 fully saturated rings. The summed E-state index contributed by atoms with van der Waals surface area (Å²) in [5.41, 5.74) is -2.61. The molecule has 0 amide bonds. The highest BCUT2D eigenvalue weighted by molar-refractivity contribution is 6.35. The molecule has 0 spiro atoms. The fourth-order valence-electron chi connectivity index (χ4n) is 2.99. The van der Waals surface area contributed by atoms with E-state index < -0.39 is 24.2 Å². The van der Waals surface area contributed by atoms with Crippen LogP contribution < -0.4 is 4.90 Å². The first-order valence-corrected chi connectivity index (χ1v) is 9.52. The summed E-state index contributed by atoms with van der Waals surface area (Å²) in [6.07, 6.45) is -5.45. The quantitative estimate of drug-likeness (QED) is 0.500. The van der Waals surface area contributed by atoms with Crippen LogP contribution in [0.25, 0.3) is 0 Å². The lowest BCUT2D eigenvalue weighted by molar-refractivity contribution is -0.275. The van der Waals surface area contributed by atoms with E-state index >= 15 is 0 Å². The molecule has 0 aromatic heterocycles. The predicted octanol–water partition coefficient (Wildman–Crippen LogP) is 6.06. The van der Waals surface area contributed by atoms with Crippen molar-refractivity contribution in [2.75, 3.05) is 19.1 Å². The average Bonchev–Trinajstić information content (AvgIpc) is 3.13. The van der Waals surface area contributed by atoms with E-state index in [1.54, 1.807) is 0 Å². The van der Waals surface area contributed by atoms with Gasteiger partial charge in [-0.2, -0.15) is 13.2 Å². The van der Waals surface area contributed by atoms with Gasteiger partial charge in [-0.15, -0.1) is 0 Å². The van der Waals surface area contributed by atoms with Crippen LogP contribution in [-0.4, -0.2) is 32.1 Å². The van der Waals surface area contributed by atoms with Gasteiger partial charge in [-0.3, -0.25) is 0 Å². The molecule has 1 unspecified atom stereocenters. The zero-order valence-corrected chi connectivity index (χ0v) is 17.8. The molecule has 11 heteroatoms. The molecule has 0 saturated heterocycles. The molecule has 0 saturated carbocycles. The van der Waals surface area contributed by atoms with E-state index in [1.165, 1.54) is 43.3 Å². The third kappa shape index (κ3) is 4.04. The van der Waals surface area contributed by atoms with E-state index in [-0.39, 0.29) is 32.0 Å². The van der Waals surface area contributed by atoms with Gasteiger partial charge in [0.25, 0.3) is 5.60 Å². The Labute approximate surface area is 184 Å². The minimum absolute atomic E-state index is 0.0263. The molecule has 2 aromatic rings. The minimum Gasteiger partial charge on any atom is -0.465 e. The number of rotatable bonds is 3. The smallest absolute Gasteiger partial charge is 0.435 e. The Bertz CT molecular complexity index is 1010. The lowest BCUT2D eigenvalue weighted by Crippen LogP contribution is -2.44. The number of alkyl halides is 3. The van der Waals surface area contributed by atoms with E-state index in [0.717, 1.165) is 12.1 Å². The summed E-state index contributed by atoms with van der Waals surface area (Å²) in [6, 6.07) is 7.95. The van der Waals surface area contributed by atoms with Crippen molar-refractivity contribution in [1.29, 1.82) is 0 Å². The first-order chi connectivity index (χ1) is 14.0. The maximum atomic E-state index is 14.1. The minimum atomic E-state index is -4.82. The van der Waals surface area contributed by atoms with Crippen LogP contribution in [0, 0.1) is 0 Å². The molecule has 160 valence electrons. The molecule has 30 heavy (non-hydrogen) atoms. The second kappa shape index (κ2) is 8.17. The Morgan fingerprint density at radius 2 is 1.80 bits per heavy atom. The highest BCUT2D eigenvalue weighted by Crippen LogP contribution is 2.49. The van der Waals surface area contributed by atoms with Crippen LogP contribution in [0.2, 0.25) is 15.1 Å². The van der Waals surface area contributed by atoms with Gasteiger partial charge in [0.1, 0.15) is 0 Å². The molecular formula is C19H14Cl3F3N2O3. The third-order valence-corrected chi connectivity index (χ3v) is 5.40. The molecular weight excluding hydrogens is 468 g/mol. The summed E-state index contributed by atoms with van der Waals surface area (Å²) < 4.78 is 46.9. The van der Waals surface area contributed by atoms with Crippen molar-refractivity contribution < 1.29 is 27.5 Å². The van der Waals surface area contributed by atoms with Crippen molar-refractivity contribution in [2.24, 2.45) is 5.16 Å². The molecule has 5 nitrogen and oxygen atoms in total. The van der Waals surface area contributed by atoms with Crippen molar-refractivity contribution in [3.8, 4) is 0 Å². The second-order valence-electron chi connectivity index (χ2n) is 6.47. The van der Waals surface area contributed by atoms with Crippen LogP contribution in [0.3, 0.4) is 0 Å². The Morgan fingerprint density at radius 1 is 1.17 bits per heavy atom. The fourth-order valence-corrected chi connectivity index (χ4v) is 3.71. The van der Waals surface area contributed by atoms with Gasteiger partial charge in [0, 0.05) is 28.3 Å². The van der Waals surface area contributed by atoms with Gasteiger partial charge in [0.2, 0.25) is 0 Å². The number of oxime groups is 1. The number of carbonyl (C=O) groups is 1. The maximum Gasteiger partial charge on any atom is 0.435 e. The Morgan fingerprint density at radius 3 is 2.37 bits per heavy atom. The SMILES string of the molecule is COC(=O)c1cc(N(C)C2=NOC(c3cc(Cl)cc(Cl)c3)(C(F)(F)F)C2)ccc1Cl. The molecule has 2 aromatic carbocycles. The highest BCUT2D eigenvalue weighted by Gasteiger charge is 2.63. The van der Waals surface area contributed by atoms with Crippen molar-refractivity contribution >= 4 is 52.3 Å². The molecule has 0 radical (unpaired) electrons. The number of ether oxygens (including phenoxy) is 1. The van der Waals surface area contributed by atoms with Gasteiger partial charge in [-0.1, -0.05) is 40.0 Å². The number of esters is 1. The lowest BCUT2D eigenvalue weighted by Gasteiger charge is -2.30. The van der Waals surface area contributed by atoms with E-state index in [9.17, 15) is 18.0 Å². The monoisotopic (exact) mass is 480 g/mol. The van der Waals surface area contributed by atoms with Crippen molar-refractivity contribution in [1.82, 2.24) is 0 Å². The molecule has 1 heterocycles. The summed E-state index contributed by atoms with van der Waals surface area (Å²) >= 11 is 17.8. The molecule has 1 aliphatic heterocycles. The van der Waals surface area contributed by atoms with E-state index in [1.807, 2.05) is 0 Å². The number of hydrogen-bond donors (Lipinski definition) is 0. The van der Waals surface area contributed by atoms with Crippen LogP contribution in [0.4, 0.5) is 18.9 Å². The molecule has 0 bridgehead atoms. The summed E-state index contributed by atoms with van der Waals surface area (Å²) in [5.74, 6) is -0.709. The zero-order valence-electron chi connectivity index (χ0n) is 15.6. The zero-order chi connectivity index (χ0) is 22.3. The largest absolute Gasteiger partial charge is 0.465 e. The second-order valence-corrected chi connectivity index (χ2v) is 7.75. The van der Waals surface area contributed by atoms with Crippen LogP contribution in [-0.2, 0) is 15.2 Å². The topological polar surface area (TPSA) is 51.1 Å². The molecule has 3 rings (SSSR count). The third-order valence-electron chi connectivity index (χ3n) is 4.63. The summed E-state index contributed by atoms with van der Waals surface area (Å²) in [4.78, 5) is 18.2. The number of amidine groups is 1. The summed E-state index contributed by atoms with van der Waals surface area (Å²) in [6.45, 7) is 0. The van der Waals surface area contributed by atoms with E-state index in [2.05, 4.69) is 9.89 Å². The molecule has 0 aliphatic carbocycles. The molecule has 1 aliphatic rings. The Balaban J connectivity index is 1.97. The Hall–Kier alpha value is -2.16. The van der Waals surface area contributed by atoms with Crippen LogP contribution in [0.5, 0.6) is 0 Å². The first-order valence-electron chi connectivity index (χ1n) is 8.38. The first kappa shape index (κ1) is 22.5. The summed E-state index contributed by atoms with van der Waals surface area (Å²) in [5, 5.41) is 3.88. The summed E-state index contributed by atoms with van der Waals surface area (Å²) in [7, 11) is 2.68. The molecule has 1 atom stereocenters. The van der Waals surface area contributed by atoms with Crippen LogP contribution >= 0.6 is 34.8 Å². The van der Waals surface area contributed by atoms with Crippen molar-refractivity contribution in [3.63, 3.8) is 0 Å². The molecule has 0 N–H and O–H groups in total. The number of carbonyl (C=O) groups excluding carboxylic acids is 1. The van der Waals surface area contributed by atoms with E-state index in [0.29, 0.717) is 5.69 Å². The van der Waals surface area contributed by atoms with Gasteiger partial charge >= 0.3 is 12.1 Å². The number of methoxy groups -OCH3 is 1. The van der Waals surface area contributed by atoms with Crippen LogP contribution in [0.15, 0.2) is 41.6 Å². The standard InChI is InChI=1S/C19H14Cl3F3N2O3/c1-27(13-3-4-15(22)14(8-13)17(28)29-2)16-9-18(30-26-16,19(23,24)25)10-5-11(20)7-12(21)6-10/h3-8H,9H2,1-2H3. The predicted molar refractivity (Wildman–Crippen MR) is 109 cm³/mol. The van der Waals surface area contributed by atoms with Crippen LogP contribution in [0.1, 0.15) is 22.3 Å². The number of anilines is 1. The lowest BCUT2D eigenvalue weighted by atomic mass is 9.89. The Kier molecular flexibility index (Phi) is 6.13.